The van der Waals surface area contributed by atoms with Gasteiger partial charge in [0.05, 0.1) is 12.8 Å². The summed E-state index contributed by atoms with van der Waals surface area (Å²) in [6.07, 6.45) is 3.29. The van der Waals surface area contributed by atoms with E-state index in [9.17, 15) is 9.90 Å². The Bertz CT molecular complexity index is 463. The molecule has 3 rings (SSSR count). The summed E-state index contributed by atoms with van der Waals surface area (Å²) in [4.78, 5) is 18.6. The van der Waals surface area contributed by atoms with Crippen molar-refractivity contribution in [3.05, 3.63) is 24.2 Å². The lowest BCUT2D eigenvalue weighted by atomic mass is 10.2. The van der Waals surface area contributed by atoms with E-state index >= 15 is 0 Å². The van der Waals surface area contributed by atoms with Crippen LogP contribution in [0, 0.1) is 0 Å². The SMILES string of the molecule is O=C(CN1CCN(CC(O)c2ccco2)CC1)N1CCCC1. The smallest absolute Gasteiger partial charge is 0.236 e. The first-order chi connectivity index (χ1) is 10.7. The third kappa shape index (κ3) is 3.88. The molecule has 1 N–H and O–H groups in total. The molecule has 0 spiro atoms. The predicted octanol–water partition coefficient (Wildman–Crippen LogP) is 0.553. The fourth-order valence-corrected chi connectivity index (χ4v) is 3.20. The maximum atomic E-state index is 12.1. The third-order valence-corrected chi connectivity index (χ3v) is 4.59. The van der Waals surface area contributed by atoms with Gasteiger partial charge >= 0.3 is 0 Å². The maximum Gasteiger partial charge on any atom is 0.236 e. The highest BCUT2D eigenvalue weighted by molar-refractivity contribution is 5.78. The van der Waals surface area contributed by atoms with Crippen LogP contribution in [-0.4, -0.2) is 78.1 Å². The molecule has 0 aliphatic carbocycles. The molecule has 0 saturated carbocycles. The van der Waals surface area contributed by atoms with E-state index in [-0.39, 0.29) is 5.91 Å². The summed E-state index contributed by atoms with van der Waals surface area (Å²) >= 11 is 0. The van der Waals surface area contributed by atoms with Crippen molar-refractivity contribution in [2.45, 2.75) is 18.9 Å². The number of aliphatic hydroxyl groups excluding tert-OH is 1. The van der Waals surface area contributed by atoms with Gasteiger partial charge in [-0.1, -0.05) is 0 Å². The van der Waals surface area contributed by atoms with Crippen molar-refractivity contribution >= 4 is 5.91 Å². The van der Waals surface area contributed by atoms with Crippen LogP contribution in [0.1, 0.15) is 24.7 Å². The minimum atomic E-state index is -0.576. The molecule has 122 valence electrons. The normalized spacial score (nSPS) is 22.1. The van der Waals surface area contributed by atoms with E-state index < -0.39 is 6.10 Å². The van der Waals surface area contributed by atoms with Gasteiger partial charge in [-0.2, -0.15) is 0 Å². The summed E-state index contributed by atoms with van der Waals surface area (Å²) in [5.74, 6) is 0.883. The molecule has 0 aromatic carbocycles. The molecule has 0 radical (unpaired) electrons. The van der Waals surface area contributed by atoms with E-state index in [1.54, 1.807) is 18.4 Å². The van der Waals surface area contributed by atoms with Crippen molar-refractivity contribution < 1.29 is 14.3 Å². The van der Waals surface area contributed by atoms with Crippen LogP contribution in [0.15, 0.2) is 22.8 Å². The monoisotopic (exact) mass is 307 g/mol. The second-order valence-electron chi connectivity index (χ2n) is 6.20. The topological polar surface area (TPSA) is 60.2 Å². The number of likely N-dealkylation sites (tertiary alicyclic amines) is 1. The molecule has 1 aromatic rings. The molecule has 1 aromatic heterocycles. The van der Waals surface area contributed by atoms with Crippen LogP contribution < -0.4 is 0 Å². The molecule has 6 heteroatoms. The summed E-state index contributed by atoms with van der Waals surface area (Å²) in [6.45, 7) is 6.49. The summed E-state index contributed by atoms with van der Waals surface area (Å²) in [5, 5.41) is 10.1. The van der Waals surface area contributed by atoms with Crippen LogP contribution in [0.3, 0.4) is 0 Å². The molecule has 1 atom stereocenters. The Labute approximate surface area is 131 Å². The van der Waals surface area contributed by atoms with Crippen molar-refractivity contribution in [1.82, 2.24) is 14.7 Å². The van der Waals surface area contributed by atoms with Gasteiger partial charge in [0, 0.05) is 45.8 Å². The molecule has 2 fully saturated rings. The van der Waals surface area contributed by atoms with Gasteiger partial charge in [0.15, 0.2) is 0 Å². The van der Waals surface area contributed by atoms with Crippen LogP contribution in [0.5, 0.6) is 0 Å². The van der Waals surface area contributed by atoms with Gasteiger partial charge in [0.2, 0.25) is 5.91 Å². The largest absolute Gasteiger partial charge is 0.467 e. The number of β-amino-alcohol motifs (C(OH)–C–C–N with tert-alkyl or cyclic N) is 1. The highest BCUT2D eigenvalue weighted by Gasteiger charge is 2.24. The number of hydrogen-bond acceptors (Lipinski definition) is 5. The van der Waals surface area contributed by atoms with E-state index in [1.807, 2.05) is 4.90 Å². The average molecular weight is 307 g/mol. The number of furan rings is 1. The Morgan fingerprint density at radius 2 is 1.82 bits per heavy atom. The molecule has 1 unspecified atom stereocenters. The molecular formula is C16H25N3O3. The minimum Gasteiger partial charge on any atom is -0.467 e. The summed E-state index contributed by atoms with van der Waals surface area (Å²) in [6, 6.07) is 3.59. The molecule has 2 aliphatic heterocycles. The van der Waals surface area contributed by atoms with Gasteiger partial charge in [0.25, 0.3) is 0 Å². The molecule has 3 heterocycles. The molecule has 22 heavy (non-hydrogen) atoms. The van der Waals surface area contributed by atoms with Gasteiger partial charge in [0.1, 0.15) is 11.9 Å². The Morgan fingerprint density at radius 3 is 2.45 bits per heavy atom. The summed E-state index contributed by atoms with van der Waals surface area (Å²) in [5.41, 5.74) is 0. The van der Waals surface area contributed by atoms with Crippen molar-refractivity contribution in [1.29, 1.82) is 0 Å². The second kappa shape index (κ2) is 7.26. The van der Waals surface area contributed by atoms with Gasteiger partial charge < -0.3 is 14.4 Å². The number of aliphatic hydroxyl groups is 1. The first kappa shape index (κ1) is 15.5. The fraction of sp³-hybridized carbons (Fsp3) is 0.688. The molecule has 2 saturated heterocycles. The fourth-order valence-electron chi connectivity index (χ4n) is 3.20. The number of nitrogens with zero attached hydrogens (tertiary/aromatic N) is 3. The van der Waals surface area contributed by atoms with Gasteiger partial charge in [-0.05, 0) is 25.0 Å². The molecule has 6 nitrogen and oxygen atoms in total. The van der Waals surface area contributed by atoms with Gasteiger partial charge in [-0.15, -0.1) is 0 Å². The van der Waals surface area contributed by atoms with Crippen LogP contribution in [0.4, 0.5) is 0 Å². The average Bonchev–Trinajstić information content (AvgIpc) is 3.23. The van der Waals surface area contributed by atoms with Crippen LogP contribution in [0.25, 0.3) is 0 Å². The number of hydrogen-bond donors (Lipinski definition) is 1. The van der Waals surface area contributed by atoms with Gasteiger partial charge in [-0.3, -0.25) is 14.6 Å². The lowest BCUT2D eigenvalue weighted by Crippen LogP contribution is -2.50. The Balaban J connectivity index is 1.39. The second-order valence-corrected chi connectivity index (χ2v) is 6.20. The number of amides is 1. The van der Waals surface area contributed by atoms with Gasteiger partial charge in [-0.25, -0.2) is 0 Å². The Kier molecular flexibility index (Phi) is 5.12. The Morgan fingerprint density at radius 1 is 1.14 bits per heavy atom. The van der Waals surface area contributed by atoms with Crippen LogP contribution >= 0.6 is 0 Å². The number of carbonyl (C=O) groups excluding carboxylic acids is 1. The molecule has 1 amide bonds. The minimum absolute atomic E-state index is 0.265. The quantitative estimate of drug-likeness (QED) is 0.861. The van der Waals surface area contributed by atoms with Crippen molar-refractivity contribution in [2.75, 3.05) is 52.4 Å². The predicted molar refractivity (Wildman–Crippen MR) is 82.4 cm³/mol. The van der Waals surface area contributed by atoms with Crippen LogP contribution in [-0.2, 0) is 4.79 Å². The number of piperazine rings is 1. The van der Waals surface area contributed by atoms with Crippen molar-refractivity contribution in [2.24, 2.45) is 0 Å². The van der Waals surface area contributed by atoms with E-state index in [0.717, 1.165) is 52.1 Å². The Hall–Kier alpha value is -1.37. The van der Waals surface area contributed by atoms with E-state index in [0.29, 0.717) is 18.8 Å². The van der Waals surface area contributed by atoms with Crippen molar-refractivity contribution in [3.8, 4) is 0 Å². The maximum absolute atomic E-state index is 12.1. The van der Waals surface area contributed by atoms with Crippen LogP contribution in [0.2, 0.25) is 0 Å². The number of rotatable bonds is 5. The highest BCUT2D eigenvalue weighted by Crippen LogP contribution is 2.16. The zero-order valence-electron chi connectivity index (χ0n) is 13.0. The first-order valence-corrected chi connectivity index (χ1v) is 8.16. The molecular weight excluding hydrogens is 282 g/mol. The lowest BCUT2D eigenvalue weighted by molar-refractivity contribution is -0.131. The van der Waals surface area contributed by atoms with E-state index in [1.165, 1.54) is 0 Å². The first-order valence-electron chi connectivity index (χ1n) is 8.16. The van der Waals surface area contributed by atoms with Crippen molar-refractivity contribution in [3.63, 3.8) is 0 Å². The zero-order chi connectivity index (χ0) is 15.4. The zero-order valence-corrected chi connectivity index (χ0v) is 13.0. The molecule has 2 aliphatic rings. The lowest BCUT2D eigenvalue weighted by Gasteiger charge is -2.35. The standard InChI is InChI=1S/C16H25N3O3/c20-14(15-4-3-11-22-15)12-17-7-9-18(10-8-17)13-16(21)19-5-1-2-6-19/h3-4,11,14,20H,1-2,5-10,12-13H2. The number of carbonyl (C=O) groups is 1. The summed E-state index contributed by atoms with van der Waals surface area (Å²) in [7, 11) is 0. The summed E-state index contributed by atoms with van der Waals surface area (Å²) < 4.78 is 5.23. The molecule has 0 bridgehead atoms. The van der Waals surface area contributed by atoms with E-state index in [4.69, 9.17) is 4.42 Å². The highest BCUT2D eigenvalue weighted by atomic mass is 16.4. The van der Waals surface area contributed by atoms with E-state index in [2.05, 4.69) is 9.80 Å². The third-order valence-electron chi connectivity index (χ3n) is 4.59.